The van der Waals surface area contributed by atoms with Gasteiger partial charge in [-0.05, 0) is 37.1 Å². The summed E-state index contributed by atoms with van der Waals surface area (Å²) in [6.45, 7) is 0.725. The van der Waals surface area contributed by atoms with Crippen LogP contribution in [0.5, 0.6) is 5.75 Å². The SMILES string of the molecule is COc1ccc(N(CCCCCC(O)C(N)=O)c2ccccn2)nc1. The van der Waals surface area contributed by atoms with Gasteiger partial charge in [0.05, 0.1) is 13.3 Å². The van der Waals surface area contributed by atoms with Crippen LogP contribution in [0.3, 0.4) is 0 Å². The fourth-order valence-corrected chi connectivity index (χ4v) is 2.44. The van der Waals surface area contributed by atoms with Crippen molar-refractivity contribution in [2.75, 3.05) is 18.6 Å². The lowest BCUT2D eigenvalue weighted by Crippen LogP contribution is -2.28. The van der Waals surface area contributed by atoms with Crippen molar-refractivity contribution in [1.82, 2.24) is 9.97 Å². The molecule has 0 saturated carbocycles. The van der Waals surface area contributed by atoms with E-state index in [-0.39, 0.29) is 0 Å². The summed E-state index contributed by atoms with van der Waals surface area (Å²) in [5.41, 5.74) is 5.05. The molecule has 3 N–H and O–H groups in total. The van der Waals surface area contributed by atoms with E-state index in [1.54, 1.807) is 19.5 Å². The summed E-state index contributed by atoms with van der Waals surface area (Å²) in [7, 11) is 1.60. The Bertz CT molecular complexity index is 649. The number of unbranched alkanes of at least 4 members (excludes halogenated alkanes) is 2. The Kier molecular flexibility index (Phi) is 7.16. The minimum atomic E-state index is -1.06. The Labute approximate surface area is 147 Å². The van der Waals surface area contributed by atoms with Gasteiger partial charge in [0.25, 0.3) is 0 Å². The highest BCUT2D eigenvalue weighted by Gasteiger charge is 2.13. The van der Waals surface area contributed by atoms with Crippen LogP contribution in [0.2, 0.25) is 0 Å². The number of amides is 1. The van der Waals surface area contributed by atoms with Crippen LogP contribution in [0.4, 0.5) is 11.6 Å². The van der Waals surface area contributed by atoms with Gasteiger partial charge in [0.2, 0.25) is 5.91 Å². The molecule has 1 amide bonds. The normalized spacial score (nSPS) is 11.8. The molecule has 1 atom stereocenters. The van der Waals surface area contributed by atoms with Crippen LogP contribution < -0.4 is 15.4 Å². The van der Waals surface area contributed by atoms with Crippen molar-refractivity contribution in [3.63, 3.8) is 0 Å². The number of primary amides is 1. The van der Waals surface area contributed by atoms with E-state index in [1.807, 2.05) is 35.2 Å². The Balaban J connectivity index is 1.97. The van der Waals surface area contributed by atoms with Gasteiger partial charge in [-0.25, -0.2) is 9.97 Å². The second-order valence-corrected chi connectivity index (χ2v) is 5.66. The molecule has 0 radical (unpaired) electrons. The lowest BCUT2D eigenvalue weighted by atomic mass is 10.1. The van der Waals surface area contributed by atoms with Crippen molar-refractivity contribution in [1.29, 1.82) is 0 Å². The smallest absolute Gasteiger partial charge is 0.246 e. The number of carbonyl (C=O) groups is 1. The van der Waals surface area contributed by atoms with Gasteiger partial charge in [-0.3, -0.25) is 4.79 Å². The van der Waals surface area contributed by atoms with E-state index in [0.29, 0.717) is 12.2 Å². The first-order valence-corrected chi connectivity index (χ1v) is 8.28. The van der Waals surface area contributed by atoms with E-state index >= 15 is 0 Å². The first kappa shape index (κ1) is 18.7. The summed E-state index contributed by atoms with van der Waals surface area (Å²) in [4.78, 5) is 21.7. The van der Waals surface area contributed by atoms with Crippen LogP contribution in [0, 0.1) is 0 Å². The predicted molar refractivity (Wildman–Crippen MR) is 95.7 cm³/mol. The maximum absolute atomic E-state index is 10.8. The van der Waals surface area contributed by atoms with Crippen molar-refractivity contribution < 1.29 is 14.6 Å². The summed E-state index contributed by atoms with van der Waals surface area (Å²) < 4.78 is 5.15. The zero-order valence-electron chi connectivity index (χ0n) is 14.3. The Morgan fingerprint density at radius 3 is 2.60 bits per heavy atom. The van der Waals surface area contributed by atoms with E-state index in [9.17, 15) is 9.90 Å². The van der Waals surface area contributed by atoms with Crippen LogP contribution in [0.25, 0.3) is 0 Å². The topological polar surface area (TPSA) is 102 Å². The van der Waals surface area contributed by atoms with E-state index < -0.39 is 12.0 Å². The third kappa shape index (κ3) is 5.72. The maximum atomic E-state index is 10.8. The Hall–Kier alpha value is -2.67. The van der Waals surface area contributed by atoms with E-state index in [2.05, 4.69) is 9.97 Å². The highest BCUT2D eigenvalue weighted by molar-refractivity contribution is 5.78. The summed E-state index contributed by atoms with van der Waals surface area (Å²) in [6, 6.07) is 9.49. The van der Waals surface area contributed by atoms with Gasteiger partial charge >= 0.3 is 0 Å². The number of methoxy groups -OCH3 is 1. The number of nitrogens with two attached hydrogens (primary N) is 1. The molecule has 0 saturated heterocycles. The van der Waals surface area contributed by atoms with E-state index in [0.717, 1.165) is 37.4 Å². The van der Waals surface area contributed by atoms with Crippen molar-refractivity contribution in [2.24, 2.45) is 5.73 Å². The molecule has 1 unspecified atom stereocenters. The van der Waals surface area contributed by atoms with Gasteiger partial charge in [0, 0.05) is 12.7 Å². The van der Waals surface area contributed by atoms with Crippen molar-refractivity contribution in [3.05, 3.63) is 42.7 Å². The minimum Gasteiger partial charge on any atom is -0.495 e. The van der Waals surface area contributed by atoms with Gasteiger partial charge in [0.15, 0.2) is 0 Å². The quantitative estimate of drug-likeness (QED) is 0.640. The van der Waals surface area contributed by atoms with Gasteiger partial charge < -0.3 is 20.5 Å². The van der Waals surface area contributed by atoms with Crippen molar-refractivity contribution in [3.8, 4) is 5.75 Å². The number of rotatable bonds is 10. The highest BCUT2D eigenvalue weighted by atomic mass is 16.5. The zero-order chi connectivity index (χ0) is 18.1. The molecule has 0 fully saturated rings. The minimum absolute atomic E-state index is 0.389. The molecule has 0 aromatic carbocycles. The summed E-state index contributed by atoms with van der Waals surface area (Å²) in [5.74, 6) is 1.64. The number of hydrogen-bond donors (Lipinski definition) is 2. The standard InChI is InChI=1S/C18H24N4O3/c1-25-14-9-10-17(21-13-14)22(16-8-4-5-11-20-16)12-6-2-3-7-15(23)18(19)24/h4-5,8-11,13,15,23H,2-3,6-7,12H2,1H3,(H2,19,24). The predicted octanol–water partition coefficient (Wildman–Crippen LogP) is 2.03. The number of hydrogen-bond acceptors (Lipinski definition) is 6. The second kappa shape index (κ2) is 9.58. The average molecular weight is 344 g/mol. The largest absolute Gasteiger partial charge is 0.495 e. The zero-order valence-corrected chi connectivity index (χ0v) is 14.3. The molecular formula is C18H24N4O3. The van der Waals surface area contributed by atoms with Gasteiger partial charge in [-0.2, -0.15) is 0 Å². The average Bonchev–Trinajstić information content (AvgIpc) is 2.65. The van der Waals surface area contributed by atoms with E-state index in [1.165, 1.54) is 0 Å². The third-order valence-corrected chi connectivity index (χ3v) is 3.85. The molecule has 2 heterocycles. The number of aromatic nitrogens is 2. The molecule has 0 aliphatic rings. The van der Waals surface area contributed by atoms with Gasteiger partial charge in [-0.15, -0.1) is 0 Å². The number of ether oxygens (including phenoxy) is 1. The molecule has 0 bridgehead atoms. The van der Waals surface area contributed by atoms with Crippen molar-refractivity contribution in [2.45, 2.75) is 31.8 Å². The first-order chi connectivity index (χ1) is 12.1. The maximum Gasteiger partial charge on any atom is 0.246 e. The van der Waals surface area contributed by atoms with Crippen LogP contribution in [0.15, 0.2) is 42.7 Å². The molecular weight excluding hydrogens is 320 g/mol. The highest BCUT2D eigenvalue weighted by Crippen LogP contribution is 2.23. The molecule has 0 aliphatic carbocycles. The second-order valence-electron chi connectivity index (χ2n) is 5.66. The molecule has 0 aliphatic heterocycles. The van der Waals surface area contributed by atoms with Crippen LogP contribution in [-0.2, 0) is 4.79 Å². The van der Waals surface area contributed by atoms with Crippen LogP contribution in [0.1, 0.15) is 25.7 Å². The first-order valence-electron chi connectivity index (χ1n) is 8.28. The number of aliphatic hydroxyl groups excluding tert-OH is 1. The molecule has 134 valence electrons. The lowest BCUT2D eigenvalue weighted by molar-refractivity contribution is -0.126. The number of carbonyl (C=O) groups excluding carboxylic acids is 1. The number of anilines is 2. The lowest BCUT2D eigenvalue weighted by Gasteiger charge is -2.23. The van der Waals surface area contributed by atoms with Gasteiger partial charge in [-0.1, -0.05) is 18.9 Å². The number of aliphatic hydroxyl groups is 1. The molecule has 2 rings (SSSR count). The number of pyridine rings is 2. The monoisotopic (exact) mass is 344 g/mol. The Morgan fingerprint density at radius 2 is 2.00 bits per heavy atom. The van der Waals surface area contributed by atoms with Crippen LogP contribution >= 0.6 is 0 Å². The summed E-state index contributed by atoms with van der Waals surface area (Å²) in [6.07, 6.45) is 5.22. The molecule has 2 aromatic rings. The van der Waals surface area contributed by atoms with Crippen LogP contribution in [-0.4, -0.2) is 40.7 Å². The van der Waals surface area contributed by atoms with E-state index in [4.69, 9.17) is 10.5 Å². The molecule has 7 nitrogen and oxygen atoms in total. The summed E-state index contributed by atoms with van der Waals surface area (Å²) in [5, 5.41) is 9.42. The molecule has 25 heavy (non-hydrogen) atoms. The molecule has 0 spiro atoms. The molecule has 7 heteroatoms. The van der Waals surface area contributed by atoms with Gasteiger partial charge in [0.1, 0.15) is 23.5 Å². The fraction of sp³-hybridized carbons (Fsp3) is 0.389. The molecule has 2 aromatic heterocycles. The third-order valence-electron chi connectivity index (χ3n) is 3.85. The Morgan fingerprint density at radius 1 is 1.20 bits per heavy atom. The van der Waals surface area contributed by atoms with Crippen molar-refractivity contribution >= 4 is 17.5 Å². The fourth-order valence-electron chi connectivity index (χ4n) is 2.44. The number of nitrogens with zero attached hydrogens (tertiary/aromatic N) is 3. The summed E-state index contributed by atoms with van der Waals surface area (Å²) >= 11 is 0.